The van der Waals surface area contributed by atoms with E-state index < -0.39 is 11.8 Å². The number of benzene rings is 1. The maximum Gasteiger partial charge on any atom is 0.211 e. The number of ketones is 2. The highest BCUT2D eigenvalue weighted by Crippen LogP contribution is 2.57. The molecule has 4 aromatic rings. The Morgan fingerprint density at radius 3 is 1.67 bits per heavy atom. The number of H-pyrrole nitrogens is 2. The van der Waals surface area contributed by atoms with Gasteiger partial charge in [-0.1, -0.05) is 24.3 Å². The number of hydrogen-bond acceptors (Lipinski definition) is 4. The number of rotatable bonds is 0. The summed E-state index contributed by atoms with van der Waals surface area (Å²) in [6.07, 6.45) is 3.91. The summed E-state index contributed by atoms with van der Waals surface area (Å²) in [5, 5.41) is 0. The summed E-state index contributed by atoms with van der Waals surface area (Å²) in [5.74, 6) is -1.97. The van der Waals surface area contributed by atoms with Crippen LogP contribution in [0.25, 0.3) is 45.4 Å². The van der Waals surface area contributed by atoms with E-state index in [1.165, 1.54) is 0 Å². The van der Waals surface area contributed by atoms with Crippen LogP contribution in [0.4, 0.5) is 0 Å². The van der Waals surface area contributed by atoms with Gasteiger partial charge in [0.05, 0.1) is 34.6 Å². The Morgan fingerprint density at radius 1 is 0.556 bits per heavy atom. The summed E-state index contributed by atoms with van der Waals surface area (Å²) in [7, 11) is 0. The number of fused-ring (bicyclic) bond motifs is 9. The Labute approximate surface area is 205 Å². The van der Waals surface area contributed by atoms with Crippen LogP contribution in [0.5, 0.6) is 0 Å². The van der Waals surface area contributed by atoms with Gasteiger partial charge in [-0.15, -0.1) is 0 Å². The lowest BCUT2D eigenvalue weighted by Gasteiger charge is -2.37. The average Bonchev–Trinajstić information content (AvgIpc) is 3.67. The molecule has 1 unspecified atom stereocenters. The maximum atomic E-state index is 13.2. The first-order valence-corrected chi connectivity index (χ1v) is 11.9. The number of Topliss-reactive ketones (excluding diaryl/α,β-unsaturated/α-hetero) is 2. The summed E-state index contributed by atoms with van der Waals surface area (Å²) in [6.45, 7) is 0. The minimum absolute atomic E-state index is 0.350. The molecule has 170 valence electrons. The molecule has 3 aromatic heterocycles. The van der Waals surface area contributed by atoms with E-state index in [1.807, 2.05) is 84.9 Å². The fraction of sp³-hybridized carbons (Fsp3) is 0.0667. The van der Waals surface area contributed by atoms with Gasteiger partial charge in [-0.25, -0.2) is 9.97 Å². The zero-order valence-corrected chi connectivity index (χ0v) is 18.9. The lowest BCUT2D eigenvalue weighted by atomic mass is 9.62. The molecule has 6 heteroatoms. The van der Waals surface area contributed by atoms with Gasteiger partial charge in [-0.3, -0.25) is 9.59 Å². The molecule has 0 amide bonds. The predicted molar refractivity (Wildman–Crippen MR) is 139 cm³/mol. The molecule has 36 heavy (non-hydrogen) atoms. The lowest BCUT2D eigenvalue weighted by Crippen LogP contribution is -2.39. The summed E-state index contributed by atoms with van der Waals surface area (Å²) in [4.78, 5) is 43.1. The van der Waals surface area contributed by atoms with Crippen LogP contribution in [0.3, 0.4) is 0 Å². The largest absolute Gasteiger partial charge is 0.355 e. The summed E-state index contributed by atoms with van der Waals surface area (Å²) >= 11 is 0. The van der Waals surface area contributed by atoms with Crippen molar-refractivity contribution in [1.29, 1.82) is 0 Å². The standard InChI is InChI=1S/C30H18N4O2/c35-29-25-21-3-1-2-4-22(21)26(30(29)36)28-24-14-20-10-8-18(33-20)12-16-6-5-15(31-16)11-17-7-9-19(32-17)13-23(34-24)27(25)28/h1-14,25-26,31-32H/t25-,26?/m0/s1. The van der Waals surface area contributed by atoms with E-state index in [0.29, 0.717) is 11.4 Å². The molecule has 3 aliphatic carbocycles. The Kier molecular flexibility index (Phi) is 3.71. The highest BCUT2D eigenvalue weighted by Gasteiger charge is 2.52. The molecule has 2 atom stereocenters. The molecule has 5 heterocycles. The molecular formula is C30H18N4O2. The van der Waals surface area contributed by atoms with Gasteiger partial charge in [0, 0.05) is 22.1 Å². The highest BCUT2D eigenvalue weighted by atomic mass is 16.2. The van der Waals surface area contributed by atoms with Crippen molar-refractivity contribution in [3.63, 3.8) is 0 Å². The van der Waals surface area contributed by atoms with Crippen molar-refractivity contribution in [2.75, 3.05) is 0 Å². The van der Waals surface area contributed by atoms with Crippen LogP contribution >= 0.6 is 0 Å². The molecule has 0 fully saturated rings. The van der Waals surface area contributed by atoms with Crippen LogP contribution in [0.15, 0.2) is 72.8 Å². The van der Waals surface area contributed by atoms with Crippen LogP contribution < -0.4 is 0 Å². The summed E-state index contributed by atoms with van der Waals surface area (Å²) in [6, 6.07) is 23.8. The molecule has 0 saturated heterocycles. The van der Waals surface area contributed by atoms with Crippen LogP contribution in [0.1, 0.15) is 45.7 Å². The molecule has 10 bridgehead atoms. The quantitative estimate of drug-likeness (QED) is 0.298. The van der Waals surface area contributed by atoms with E-state index in [2.05, 4.69) is 9.97 Å². The van der Waals surface area contributed by atoms with Crippen LogP contribution in [0, 0.1) is 0 Å². The zero-order valence-electron chi connectivity index (χ0n) is 18.9. The molecule has 2 aliphatic heterocycles. The van der Waals surface area contributed by atoms with E-state index in [9.17, 15) is 9.59 Å². The van der Waals surface area contributed by atoms with Crippen molar-refractivity contribution in [3.05, 3.63) is 107 Å². The summed E-state index contributed by atoms with van der Waals surface area (Å²) in [5.41, 5.74) is 10.2. The van der Waals surface area contributed by atoms with Crippen LogP contribution in [-0.2, 0) is 9.59 Å². The highest BCUT2D eigenvalue weighted by molar-refractivity contribution is 6.50. The number of carbonyl (C=O) groups is 2. The van der Waals surface area contributed by atoms with Gasteiger partial charge in [-0.05, 0) is 83.0 Å². The molecule has 1 aromatic carbocycles. The molecule has 6 nitrogen and oxygen atoms in total. The molecule has 0 spiro atoms. The SMILES string of the molecule is O=C1C(=O)[C@@H]2C3=C(c4cc5nc(cc6ccc(cc7ccc(cc3n4)[nH]7)[nH]6)C=C5)C1c1ccccc12. The Balaban J connectivity index is 1.48. The van der Waals surface area contributed by atoms with Gasteiger partial charge in [0.15, 0.2) is 0 Å². The molecule has 5 aliphatic rings. The normalized spacial score (nSPS) is 19.6. The molecule has 2 N–H and O–H groups in total. The van der Waals surface area contributed by atoms with Crippen molar-refractivity contribution in [2.24, 2.45) is 0 Å². The number of aromatic nitrogens is 4. The predicted octanol–water partition coefficient (Wildman–Crippen LogP) is 5.43. The average molecular weight is 467 g/mol. The number of nitrogens with one attached hydrogen (secondary N) is 2. The second kappa shape index (κ2) is 6.86. The van der Waals surface area contributed by atoms with Crippen LogP contribution in [-0.4, -0.2) is 31.5 Å². The minimum Gasteiger partial charge on any atom is -0.355 e. The minimum atomic E-state index is -0.637. The van der Waals surface area contributed by atoms with E-state index >= 15 is 0 Å². The first kappa shape index (κ1) is 19.5. The molecule has 0 radical (unpaired) electrons. The Bertz CT molecular complexity index is 1900. The number of allylic oxidation sites excluding steroid dienone is 2. The third-order valence-corrected chi connectivity index (χ3v) is 7.38. The topological polar surface area (TPSA) is 91.5 Å². The molecule has 9 rings (SSSR count). The smallest absolute Gasteiger partial charge is 0.211 e. The maximum absolute atomic E-state index is 13.2. The third kappa shape index (κ3) is 2.66. The van der Waals surface area contributed by atoms with E-state index in [4.69, 9.17) is 9.97 Å². The van der Waals surface area contributed by atoms with Crippen molar-refractivity contribution >= 4 is 56.9 Å². The monoisotopic (exact) mass is 466 g/mol. The fourth-order valence-electron chi connectivity index (χ4n) is 5.90. The third-order valence-electron chi connectivity index (χ3n) is 7.38. The number of nitrogens with zero attached hydrogens (tertiary/aromatic N) is 2. The Morgan fingerprint density at radius 2 is 1.06 bits per heavy atom. The van der Waals surface area contributed by atoms with Crippen molar-refractivity contribution in [3.8, 4) is 0 Å². The zero-order chi connectivity index (χ0) is 24.0. The number of carbonyl (C=O) groups excluding carboxylic acids is 2. The second-order valence-corrected chi connectivity index (χ2v) is 9.54. The lowest BCUT2D eigenvalue weighted by molar-refractivity contribution is -0.137. The van der Waals surface area contributed by atoms with Gasteiger partial charge < -0.3 is 9.97 Å². The van der Waals surface area contributed by atoms with Gasteiger partial charge in [0.2, 0.25) is 11.6 Å². The van der Waals surface area contributed by atoms with E-state index in [0.717, 1.165) is 55.7 Å². The van der Waals surface area contributed by atoms with Gasteiger partial charge in [-0.2, -0.15) is 0 Å². The van der Waals surface area contributed by atoms with Crippen LogP contribution in [0.2, 0.25) is 0 Å². The van der Waals surface area contributed by atoms with E-state index in [1.54, 1.807) is 0 Å². The molecular weight excluding hydrogens is 448 g/mol. The van der Waals surface area contributed by atoms with Gasteiger partial charge >= 0.3 is 0 Å². The fourth-order valence-corrected chi connectivity index (χ4v) is 5.90. The first-order valence-electron chi connectivity index (χ1n) is 11.9. The van der Waals surface area contributed by atoms with Gasteiger partial charge in [0.1, 0.15) is 0 Å². The second-order valence-electron chi connectivity index (χ2n) is 9.54. The van der Waals surface area contributed by atoms with Crippen molar-refractivity contribution in [2.45, 2.75) is 11.8 Å². The van der Waals surface area contributed by atoms with Gasteiger partial charge in [0.25, 0.3) is 0 Å². The molecule has 0 saturated carbocycles. The Hall–Kier alpha value is -4.84. The summed E-state index contributed by atoms with van der Waals surface area (Å²) < 4.78 is 0. The first-order chi connectivity index (χ1) is 17.6. The number of hydrogen-bond donors (Lipinski definition) is 2. The van der Waals surface area contributed by atoms with Crippen molar-refractivity contribution < 1.29 is 9.59 Å². The van der Waals surface area contributed by atoms with Crippen molar-refractivity contribution in [1.82, 2.24) is 19.9 Å². The van der Waals surface area contributed by atoms with E-state index in [-0.39, 0.29) is 11.6 Å². The number of aromatic amines is 2.